The fourth-order valence-electron chi connectivity index (χ4n) is 4.42. The highest BCUT2D eigenvalue weighted by molar-refractivity contribution is 5.74. The van der Waals surface area contributed by atoms with Crippen molar-refractivity contribution in [2.24, 2.45) is 0 Å². The summed E-state index contributed by atoms with van der Waals surface area (Å²) in [5.41, 5.74) is 1.34. The molecule has 1 aliphatic rings. The van der Waals surface area contributed by atoms with Gasteiger partial charge in [-0.1, -0.05) is 31.0 Å². The standard InChI is InChI=1S/C22H29N5O2/c1-21(2,3)27-18-15(13-24-27)19(28)26-20(25-18)23-14-22(11-7-8-12-22)16-9-5-6-10-17(16)29-4/h5-6,9-10,13H,7-8,11-12,14H2,1-4H3,(H2,23,25,26,28). The number of hydrogen-bond acceptors (Lipinski definition) is 5. The van der Waals surface area contributed by atoms with Crippen LogP contribution in [-0.4, -0.2) is 33.4 Å². The minimum absolute atomic E-state index is 0.0373. The van der Waals surface area contributed by atoms with Crippen LogP contribution in [0.4, 0.5) is 5.95 Å². The average molecular weight is 396 g/mol. The van der Waals surface area contributed by atoms with Crippen molar-refractivity contribution in [2.75, 3.05) is 19.0 Å². The number of para-hydroxylation sites is 1. The van der Waals surface area contributed by atoms with E-state index in [1.54, 1.807) is 18.0 Å². The van der Waals surface area contributed by atoms with Crippen molar-refractivity contribution in [1.29, 1.82) is 0 Å². The number of nitrogens with zero attached hydrogens (tertiary/aromatic N) is 3. The molecule has 0 amide bonds. The van der Waals surface area contributed by atoms with E-state index >= 15 is 0 Å². The highest BCUT2D eigenvalue weighted by atomic mass is 16.5. The molecular weight excluding hydrogens is 366 g/mol. The zero-order valence-corrected chi connectivity index (χ0v) is 17.6. The van der Waals surface area contributed by atoms with Crippen LogP contribution in [0.2, 0.25) is 0 Å². The fraction of sp³-hybridized carbons (Fsp3) is 0.500. The molecule has 0 unspecified atom stereocenters. The second-order valence-corrected chi connectivity index (χ2v) is 8.92. The third-order valence-corrected chi connectivity index (χ3v) is 5.91. The summed E-state index contributed by atoms with van der Waals surface area (Å²) in [7, 11) is 1.72. The maximum atomic E-state index is 12.6. The second-order valence-electron chi connectivity index (χ2n) is 8.92. The lowest BCUT2D eigenvalue weighted by molar-refractivity contribution is 0.366. The molecule has 0 spiro atoms. The maximum absolute atomic E-state index is 12.6. The van der Waals surface area contributed by atoms with Crippen LogP contribution in [0, 0.1) is 0 Å². The predicted molar refractivity (Wildman–Crippen MR) is 115 cm³/mol. The number of anilines is 1. The molecule has 1 aromatic carbocycles. The van der Waals surface area contributed by atoms with Gasteiger partial charge in [-0.2, -0.15) is 10.1 Å². The molecule has 0 bridgehead atoms. The van der Waals surface area contributed by atoms with Gasteiger partial charge in [0.2, 0.25) is 5.95 Å². The van der Waals surface area contributed by atoms with Crippen LogP contribution in [0.1, 0.15) is 52.0 Å². The van der Waals surface area contributed by atoms with Gasteiger partial charge in [0.1, 0.15) is 11.1 Å². The zero-order chi connectivity index (χ0) is 20.6. The van der Waals surface area contributed by atoms with Crippen molar-refractivity contribution in [1.82, 2.24) is 19.7 Å². The molecule has 2 N–H and O–H groups in total. The van der Waals surface area contributed by atoms with E-state index in [-0.39, 0.29) is 16.5 Å². The first kappa shape index (κ1) is 19.5. The summed E-state index contributed by atoms with van der Waals surface area (Å²) in [6, 6.07) is 8.23. The highest BCUT2D eigenvalue weighted by Crippen LogP contribution is 2.44. The third-order valence-electron chi connectivity index (χ3n) is 5.91. The first-order valence-corrected chi connectivity index (χ1v) is 10.2. The highest BCUT2D eigenvalue weighted by Gasteiger charge is 2.37. The maximum Gasteiger partial charge on any atom is 0.263 e. The molecule has 2 heterocycles. The summed E-state index contributed by atoms with van der Waals surface area (Å²) >= 11 is 0. The molecule has 0 aliphatic heterocycles. The molecule has 0 saturated heterocycles. The van der Waals surface area contributed by atoms with E-state index in [1.807, 2.05) is 32.9 Å². The molecular formula is C22H29N5O2. The van der Waals surface area contributed by atoms with E-state index in [0.717, 1.165) is 18.6 Å². The van der Waals surface area contributed by atoms with Gasteiger partial charge in [0.25, 0.3) is 5.56 Å². The number of hydrogen-bond donors (Lipinski definition) is 2. The molecule has 1 fully saturated rings. The van der Waals surface area contributed by atoms with Gasteiger partial charge >= 0.3 is 0 Å². The lowest BCUT2D eigenvalue weighted by atomic mass is 9.78. The van der Waals surface area contributed by atoms with Crippen molar-refractivity contribution in [3.05, 3.63) is 46.4 Å². The van der Waals surface area contributed by atoms with Gasteiger partial charge in [-0.3, -0.25) is 9.78 Å². The Morgan fingerprint density at radius 2 is 1.97 bits per heavy atom. The Labute approximate surface area is 170 Å². The van der Waals surface area contributed by atoms with E-state index in [9.17, 15) is 4.79 Å². The Balaban J connectivity index is 1.68. The number of fused-ring (bicyclic) bond motifs is 1. The second kappa shape index (κ2) is 7.21. The Kier molecular flexibility index (Phi) is 4.84. The summed E-state index contributed by atoms with van der Waals surface area (Å²) in [6.45, 7) is 6.82. The summed E-state index contributed by atoms with van der Waals surface area (Å²) in [5.74, 6) is 1.40. The Hall–Kier alpha value is -2.83. The van der Waals surface area contributed by atoms with Crippen molar-refractivity contribution in [3.8, 4) is 5.75 Å². The Morgan fingerprint density at radius 1 is 1.24 bits per heavy atom. The molecule has 1 saturated carbocycles. The van der Waals surface area contributed by atoms with Crippen LogP contribution in [0.3, 0.4) is 0 Å². The van der Waals surface area contributed by atoms with Crippen LogP contribution < -0.4 is 15.6 Å². The molecule has 7 nitrogen and oxygen atoms in total. The third kappa shape index (κ3) is 3.50. The van der Waals surface area contributed by atoms with E-state index in [1.165, 1.54) is 18.4 Å². The lowest BCUT2D eigenvalue weighted by Gasteiger charge is -2.31. The number of aromatic nitrogens is 4. The summed E-state index contributed by atoms with van der Waals surface area (Å²) in [6.07, 6.45) is 6.10. The average Bonchev–Trinajstić information content (AvgIpc) is 3.34. The van der Waals surface area contributed by atoms with Gasteiger partial charge in [-0.15, -0.1) is 0 Å². The molecule has 2 aromatic heterocycles. The summed E-state index contributed by atoms with van der Waals surface area (Å²) < 4.78 is 7.44. The number of aromatic amines is 1. The molecule has 29 heavy (non-hydrogen) atoms. The van der Waals surface area contributed by atoms with Crippen LogP contribution >= 0.6 is 0 Å². The van der Waals surface area contributed by atoms with Gasteiger partial charge in [0.15, 0.2) is 5.65 Å². The molecule has 4 rings (SSSR count). The van der Waals surface area contributed by atoms with Crippen molar-refractivity contribution >= 4 is 17.0 Å². The molecule has 3 aromatic rings. The number of ether oxygens (including phenoxy) is 1. The number of nitrogens with one attached hydrogen (secondary N) is 2. The van der Waals surface area contributed by atoms with Gasteiger partial charge in [-0.05, 0) is 39.7 Å². The first-order chi connectivity index (χ1) is 13.8. The topological polar surface area (TPSA) is 84.8 Å². The fourth-order valence-corrected chi connectivity index (χ4v) is 4.42. The van der Waals surface area contributed by atoms with E-state index in [4.69, 9.17) is 9.72 Å². The smallest absolute Gasteiger partial charge is 0.263 e. The number of benzene rings is 1. The SMILES string of the molecule is COc1ccccc1C1(CNc2nc3c(cnn3C(C)(C)C)c(=O)[nH]2)CCCC1. The molecule has 0 radical (unpaired) electrons. The van der Waals surface area contributed by atoms with Crippen LogP contribution in [0.5, 0.6) is 5.75 Å². The lowest BCUT2D eigenvalue weighted by Crippen LogP contribution is -2.33. The first-order valence-electron chi connectivity index (χ1n) is 10.2. The minimum atomic E-state index is -0.260. The predicted octanol–water partition coefficient (Wildman–Crippen LogP) is 3.81. The van der Waals surface area contributed by atoms with E-state index in [2.05, 4.69) is 27.5 Å². The zero-order valence-electron chi connectivity index (χ0n) is 17.6. The Bertz CT molecular complexity index is 1070. The van der Waals surface area contributed by atoms with Gasteiger partial charge in [0.05, 0.1) is 18.8 Å². The molecule has 1 aliphatic carbocycles. The molecule has 0 atom stereocenters. The number of methoxy groups -OCH3 is 1. The monoisotopic (exact) mass is 395 g/mol. The van der Waals surface area contributed by atoms with E-state index < -0.39 is 0 Å². The van der Waals surface area contributed by atoms with Crippen molar-refractivity contribution in [2.45, 2.75) is 57.4 Å². The molecule has 7 heteroatoms. The van der Waals surface area contributed by atoms with Gasteiger partial charge in [0, 0.05) is 17.5 Å². The van der Waals surface area contributed by atoms with E-state index in [0.29, 0.717) is 23.5 Å². The van der Waals surface area contributed by atoms with Crippen molar-refractivity contribution < 1.29 is 4.74 Å². The number of H-pyrrole nitrogens is 1. The summed E-state index contributed by atoms with van der Waals surface area (Å²) in [5, 5.41) is 8.30. The summed E-state index contributed by atoms with van der Waals surface area (Å²) in [4.78, 5) is 20.1. The van der Waals surface area contributed by atoms with Crippen LogP contribution in [0.25, 0.3) is 11.0 Å². The quantitative estimate of drug-likeness (QED) is 0.686. The van der Waals surface area contributed by atoms with Gasteiger partial charge in [-0.25, -0.2) is 4.68 Å². The molecule has 154 valence electrons. The van der Waals surface area contributed by atoms with Crippen LogP contribution in [-0.2, 0) is 11.0 Å². The normalized spacial score (nSPS) is 16.3. The largest absolute Gasteiger partial charge is 0.496 e. The minimum Gasteiger partial charge on any atom is -0.496 e. The van der Waals surface area contributed by atoms with Gasteiger partial charge < -0.3 is 10.1 Å². The van der Waals surface area contributed by atoms with Crippen molar-refractivity contribution in [3.63, 3.8) is 0 Å². The number of rotatable bonds is 5. The van der Waals surface area contributed by atoms with Crippen LogP contribution in [0.15, 0.2) is 35.3 Å². The Morgan fingerprint density at radius 3 is 2.66 bits per heavy atom.